The summed E-state index contributed by atoms with van der Waals surface area (Å²) in [6.07, 6.45) is 4.95. The lowest BCUT2D eigenvalue weighted by molar-refractivity contribution is -0.139. The number of hydrogen-bond donors (Lipinski definition) is 1. The smallest absolute Gasteiger partial charge is 0.339 e. The van der Waals surface area contributed by atoms with Crippen LogP contribution in [-0.4, -0.2) is 11.0 Å². The molecule has 0 fully saturated rings. The van der Waals surface area contributed by atoms with Crippen molar-refractivity contribution in [3.8, 4) is 0 Å². The van der Waals surface area contributed by atoms with E-state index in [9.17, 15) is 4.79 Å². The van der Waals surface area contributed by atoms with Crippen molar-refractivity contribution in [2.45, 2.75) is 18.5 Å². The summed E-state index contributed by atoms with van der Waals surface area (Å²) >= 11 is 6.02. The van der Waals surface area contributed by atoms with Gasteiger partial charge in [-0.3, -0.25) is 0 Å². The molecule has 1 atom stereocenters. The Labute approximate surface area is 111 Å². The molecule has 3 nitrogen and oxygen atoms in total. The summed E-state index contributed by atoms with van der Waals surface area (Å²) < 4.78 is 5.19. The Kier molecular flexibility index (Phi) is 3.72. The van der Waals surface area contributed by atoms with E-state index in [1.807, 2.05) is 30.3 Å². The quantitative estimate of drug-likeness (QED) is 0.518. The first-order valence-corrected chi connectivity index (χ1v) is 6.02. The molecule has 0 amide bonds. The maximum Gasteiger partial charge on any atom is 0.339 e. The van der Waals surface area contributed by atoms with Crippen LogP contribution in [0, 0.1) is 0 Å². The summed E-state index contributed by atoms with van der Waals surface area (Å²) in [5.74, 6) is -0.366. The molecule has 4 heteroatoms. The summed E-state index contributed by atoms with van der Waals surface area (Å²) in [6, 6.07) is 9.55. The Balaban J connectivity index is 1.90. The first-order valence-electron chi connectivity index (χ1n) is 5.64. The maximum atomic E-state index is 11.8. The lowest BCUT2D eigenvalue weighted by Crippen LogP contribution is -2.33. The topological polar surface area (TPSA) is 38.3 Å². The Morgan fingerprint density at radius 3 is 2.72 bits per heavy atom. The second kappa shape index (κ2) is 5.27. The summed E-state index contributed by atoms with van der Waals surface area (Å²) in [4.78, 5) is 11.1. The molecule has 0 saturated carbocycles. The average Bonchev–Trinajstić information content (AvgIpc) is 2.37. The van der Waals surface area contributed by atoms with Crippen LogP contribution in [0.3, 0.4) is 0 Å². The third-order valence-corrected chi connectivity index (χ3v) is 2.77. The highest BCUT2D eigenvalue weighted by atomic mass is 35.5. The SMILES string of the molecule is CC1(Cl)C=CC(C(=O)OCc2ccccc2)=CN1. The highest BCUT2D eigenvalue weighted by Crippen LogP contribution is 2.18. The lowest BCUT2D eigenvalue weighted by atomic mass is 10.1. The molecule has 0 aliphatic carbocycles. The molecule has 1 aromatic rings. The van der Waals surface area contributed by atoms with Crippen molar-refractivity contribution < 1.29 is 9.53 Å². The van der Waals surface area contributed by atoms with E-state index in [0.29, 0.717) is 5.57 Å². The molecular weight excluding hydrogens is 250 g/mol. The van der Waals surface area contributed by atoms with Crippen LogP contribution >= 0.6 is 11.6 Å². The normalized spacial score (nSPS) is 22.0. The van der Waals surface area contributed by atoms with Gasteiger partial charge in [-0.25, -0.2) is 4.79 Å². The third-order valence-electron chi connectivity index (χ3n) is 2.53. The largest absolute Gasteiger partial charge is 0.457 e. The highest BCUT2D eigenvalue weighted by Gasteiger charge is 2.20. The predicted octanol–water partition coefficient (Wildman–Crippen LogP) is 2.73. The van der Waals surface area contributed by atoms with E-state index >= 15 is 0 Å². The van der Waals surface area contributed by atoms with Crippen LogP contribution in [0.4, 0.5) is 0 Å². The standard InChI is InChI=1S/C14H14ClNO2/c1-14(15)8-7-12(9-16-14)13(17)18-10-11-5-3-2-4-6-11/h2-9,16H,10H2,1H3. The van der Waals surface area contributed by atoms with Crippen molar-refractivity contribution in [1.29, 1.82) is 0 Å². The van der Waals surface area contributed by atoms with E-state index in [4.69, 9.17) is 16.3 Å². The number of dihydropyridines is 1. The first kappa shape index (κ1) is 12.7. The monoisotopic (exact) mass is 263 g/mol. The maximum absolute atomic E-state index is 11.8. The van der Waals surface area contributed by atoms with Gasteiger partial charge < -0.3 is 10.1 Å². The molecule has 1 N–H and O–H groups in total. The Morgan fingerprint density at radius 2 is 2.11 bits per heavy atom. The summed E-state index contributed by atoms with van der Waals surface area (Å²) in [7, 11) is 0. The van der Waals surface area contributed by atoms with Gasteiger partial charge in [0.2, 0.25) is 0 Å². The van der Waals surface area contributed by atoms with E-state index in [0.717, 1.165) is 5.56 Å². The van der Waals surface area contributed by atoms with Crippen LogP contribution in [-0.2, 0) is 16.1 Å². The van der Waals surface area contributed by atoms with E-state index < -0.39 is 5.00 Å². The highest BCUT2D eigenvalue weighted by molar-refractivity contribution is 6.25. The van der Waals surface area contributed by atoms with Crippen LogP contribution in [0.2, 0.25) is 0 Å². The van der Waals surface area contributed by atoms with Gasteiger partial charge in [0, 0.05) is 6.20 Å². The molecule has 18 heavy (non-hydrogen) atoms. The van der Waals surface area contributed by atoms with Crippen LogP contribution in [0.15, 0.2) is 54.3 Å². The number of ether oxygens (including phenoxy) is 1. The van der Waals surface area contributed by atoms with Crippen molar-refractivity contribution in [2.24, 2.45) is 0 Å². The molecule has 0 bridgehead atoms. The van der Waals surface area contributed by atoms with Gasteiger partial charge in [-0.2, -0.15) is 0 Å². The Bertz CT molecular complexity index is 492. The number of alkyl halides is 1. The molecule has 0 radical (unpaired) electrons. The number of nitrogens with one attached hydrogen (secondary N) is 1. The number of hydrogen-bond acceptors (Lipinski definition) is 3. The van der Waals surface area contributed by atoms with E-state index in [1.54, 1.807) is 25.3 Å². The summed E-state index contributed by atoms with van der Waals surface area (Å²) in [6.45, 7) is 2.07. The minimum atomic E-state index is -0.636. The molecule has 0 aromatic heterocycles. The number of carbonyl (C=O) groups excluding carboxylic acids is 1. The fourth-order valence-corrected chi connectivity index (χ4v) is 1.61. The van der Waals surface area contributed by atoms with Crippen LogP contribution < -0.4 is 5.32 Å². The molecule has 0 saturated heterocycles. The van der Waals surface area contributed by atoms with Crippen molar-refractivity contribution in [3.63, 3.8) is 0 Å². The van der Waals surface area contributed by atoms with E-state index in [2.05, 4.69) is 5.32 Å². The van der Waals surface area contributed by atoms with Crippen LogP contribution in [0.1, 0.15) is 12.5 Å². The molecule has 2 rings (SSSR count). The van der Waals surface area contributed by atoms with E-state index in [1.165, 1.54) is 0 Å². The van der Waals surface area contributed by atoms with Gasteiger partial charge in [0.1, 0.15) is 11.6 Å². The molecule has 0 spiro atoms. The summed E-state index contributed by atoms with van der Waals surface area (Å²) in [5, 5.41) is 2.90. The summed E-state index contributed by atoms with van der Waals surface area (Å²) in [5.41, 5.74) is 1.42. The Hall–Kier alpha value is -1.74. The van der Waals surface area contributed by atoms with Crippen LogP contribution in [0.5, 0.6) is 0 Å². The van der Waals surface area contributed by atoms with Gasteiger partial charge in [0.15, 0.2) is 0 Å². The predicted molar refractivity (Wildman–Crippen MR) is 70.9 cm³/mol. The zero-order valence-electron chi connectivity index (χ0n) is 10.0. The molecule has 1 aliphatic heterocycles. The van der Waals surface area contributed by atoms with Crippen LogP contribution in [0.25, 0.3) is 0 Å². The van der Waals surface area contributed by atoms with Gasteiger partial charge >= 0.3 is 5.97 Å². The van der Waals surface area contributed by atoms with Crippen molar-refractivity contribution >= 4 is 17.6 Å². The average molecular weight is 264 g/mol. The zero-order chi connectivity index (χ0) is 13.0. The first-order chi connectivity index (χ1) is 8.57. The van der Waals surface area contributed by atoms with Crippen molar-refractivity contribution in [2.75, 3.05) is 0 Å². The lowest BCUT2D eigenvalue weighted by Gasteiger charge is -2.22. The van der Waals surface area contributed by atoms with Gasteiger partial charge in [-0.05, 0) is 24.6 Å². The minimum Gasteiger partial charge on any atom is -0.457 e. The van der Waals surface area contributed by atoms with Gasteiger partial charge in [-0.1, -0.05) is 41.9 Å². The number of esters is 1. The zero-order valence-corrected chi connectivity index (χ0v) is 10.8. The molecule has 94 valence electrons. The third kappa shape index (κ3) is 3.37. The fourth-order valence-electron chi connectivity index (χ4n) is 1.49. The molecule has 1 aromatic carbocycles. The molecule has 1 unspecified atom stereocenters. The molecular formula is C14H14ClNO2. The van der Waals surface area contributed by atoms with Gasteiger partial charge in [0.05, 0.1) is 5.57 Å². The number of carbonyl (C=O) groups is 1. The van der Waals surface area contributed by atoms with Gasteiger partial charge in [0.25, 0.3) is 0 Å². The van der Waals surface area contributed by atoms with E-state index in [-0.39, 0.29) is 12.6 Å². The number of rotatable bonds is 3. The molecule has 1 heterocycles. The van der Waals surface area contributed by atoms with Crippen molar-refractivity contribution in [3.05, 3.63) is 59.8 Å². The Morgan fingerprint density at radius 1 is 1.39 bits per heavy atom. The van der Waals surface area contributed by atoms with Crippen molar-refractivity contribution in [1.82, 2.24) is 5.32 Å². The second-order valence-electron chi connectivity index (χ2n) is 4.21. The minimum absolute atomic E-state index is 0.267. The second-order valence-corrected chi connectivity index (χ2v) is 5.00. The molecule has 1 aliphatic rings. The number of halogens is 1. The fraction of sp³-hybridized carbons (Fsp3) is 0.214. The van der Waals surface area contributed by atoms with Gasteiger partial charge in [-0.15, -0.1) is 0 Å². The number of benzene rings is 1.